The average Bonchev–Trinajstić information content (AvgIpc) is 2.40. The van der Waals surface area contributed by atoms with Gasteiger partial charge in [0.25, 0.3) is 0 Å². The smallest absolute Gasteiger partial charge is 0.239 e. The number of amides is 1. The van der Waals surface area contributed by atoms with E-state index < -0.39 is 0 Å². The van der Waals surface area contributed by atoms with Crippen LogP contribution in [0.2, 0.25) is 0 Å². The van der Waals surface area contributed by atoms with E-state index in [4.69, 9.17) is 0 Å². The standard InChI is InChI=1S/C16H26N2O/c1-6-18(7-2)16(19)14(5)17-13(4)15-11-9-8-10-12(15)3/h8-11,13-14,17H,6-7H2,1-5H3/t13-,14?/m0/s1. The molecule has 1 aromatic rings. The van der Waals surface area contributed by atoms with E-state index >= 15 is 0 Å². The van der Waals surface area contributed by atoms with Crippen molar-refractivity contribution < 1.29 is 4.79 Å². The second kappa shape index (κ2) is 7.29. The normalized spacial score (nSPS) is 13.9. The molecule has 0 fully saturated rings. The Labute approximate surface area is 117 Å². The minimum Gasteiger partial charge on any atom is -0.342 e. The number of likely N-dealkylation sites (N-methyl/N-ethyl adjacent to an activating group) is 1. The van der Waals surface area contributed by atoms with Gasteiger partial charge in [-0.05, 0) is 45.7 Å². The van der Waals surface area contributed by atoms with Crippen molar-refractivity contribution in [1.82, 2.24) is 10.2 Å². The van der Waals surface area contributed by atoms with E-state index in [1.54, 1.807) is 0 Å². The second-order valence-electron chi connectivity index (χ2n) is 4.98. The SMILES string of the molecule is CCN(CC)C(=O)C(C)N[C@@H](C)c1ccccc1C. The fourth-order valence-electron chi connectivity index (χ4n) is 2.42. The highest BCUT2D eigenvalue weighted by atomic mass is 16.2. The summed E-state index contributed by atoms with van der Waals surface area (Å²) in [6.45, 7) is 11.7. The fraction of sp³-hybridized carbons (Fsp3) is 0.562. The lowest BCUT2D eigenvalue weighted by molar-refractivity contribution is -0.132. The van der Waals surface area contributed by atoms with Crippen LogP contribution in [0.3, 0.4) is 0 Å². The first kappa shape index (κ1) is 15.7. The van der Waals surface area contributed by atoms with Crippen molar-refractivity contribution in [3.05, 3.63) is 35.4 Å². The summed E-state index contributed by atoms with van der Waals surface area (Å²) in [6, 6.07) is 8.31. The summed E-state index contributed by atoms with van der Waals surface area (Å²) in [5.41, 5.74) is 2.51. The highest BCUT2D eigenvalue weighted by Gasteiger charge is 2.20. The van der Waals surface area contributed by atoms with Crippen LogP contribution >= 0.6 is 0 Å². The van der Waals surface area contributed by atoms with Crippen LogP contribution in [-0.2, 0) is 4.79 Å². The Hall–Kier alpha value is -1.35. The number of carbonyl (C=O) groups is 1. The number of aryl methyl sites for hydroxylation is 1. The van der Waals surface area contributed by atoms with Crippen LogP contribution in [0.4, 0.5) is 0 Å². The zero-order chi connectivity index (χ0) is 14.4. The maximum absolute atomic E-state index is 12.2. The Morgan fingerprint density at radius 3 is 2.32 bits per heavy atom. The van der Waals surface area contributed by atoms with Gasteiger partial charge in [-0.2, -0.15) is 0 Å². The van der Waals surface area contributed by atoms with Gasteiger partial charge in [0.15, 0.2) is 0 Å². The van der Waals surface area contributed by atoms with E-state index in [0.29, 0.717) is 0 Å². The molecule has 0 bridgehead atoms. The van der Waals surface area contributed by atoms with Gasteiger partial charge in [0.2, 0.25) is 5.91 Å². The number of carbonyl (C=O) groups excluding carboxylic acids is 1. The molecule has 0 aliphatic rings. The minimum atomic E-state index is -0.158. The minimum absolute atomic E-state index is 0.158. The molecule has 0 saturated carbocycles. The molecule has 0 radical (unpaired) electrons. The lowest BCUT2D eigenvalue weighted by Gasteiger charge is -2.26. The quantitative estimate of drug-likeness (QED) is 0.855. The van der Waals surface area contributed by atoms with E-state index in [2.05, 4.69) is 31.3 Å². The van der Waals surface area contributed by atoms with Crippen molar-refractivity contribution in [2.45, 2.75) is 46.7 Å². The first-order valence-corrected chi connectivity index (χ1v) is 7.11. The van der Waals surface area contributed by atoms with Crippen LogP contribution < -0.4 is 5.32 Å². The van der Waals surface area contributed by atoms with Gasteiger partial charge in [-0.3, -0.25) is 10.1 Å². The molecular weight excluding hydrogens is 236 g/mol. The third-order valence-electron chi connectivity index (χ3n) is 3.60. The van der Waals surface area contributed by atoms with Crippen LogP contribution in [0.25, 0.3) is 0 Å². The molecule has 0 aliphatic heterocycles. The summed E-state index contributed by atoms with van der Waals surface area (Å²) < 4.78 is 0. The number of rotatable bonds is 6. The highest BCUT2D eigenvalue weighted by molar-refractivity contribution is 5.81. The van der Waals surface area contributed by atoms with Crippen LogP contribution in [0.1, 0.15) is 44.9 Å². The highest BCUT2D eigenvalue weighted by Crippen LogP contribution is 2.17. The molecule has 0 saturated heterocycles. The average molecular weight is 262 g/mol. The van der Waals surface area contributed by atoms with E-state index in [1.165, 1.54) is 11.1 Å². The largest absolute Gasteiger partial charge is 0.342 e. The fourth-order valence-corrected chi connectivity index (χ4v) is 2.42. The molecule has 1 N–H and O–H groups in total. The molecule has 1 amide bonds. The van der Waals surface area contributed by atoms with Crippen LogP contribution in [0.15, 0.2) is 24.3 Å². The molecule has 3 nitrogen and oxygen atoms in total. The maximum Gasteiger partial charge on any atom is 0.239 e. The predicted octanol–water partition coefficient (Wildman–Crippen LogP) is 2.90. The van der Waals surface area contributed by atoms with Gasteiger partial charge in [0.05, 0.1) is 6.04 Å². The summed E-state index contributed by atoms with van der Waals surface area (Å²) in [5.74, 6) is 0.172. The first-order valence-electron chi connectivity index (χ1n) is 7.11. The van der Waals surface area contributed by atoms with Crippen molar-refractivity contribution >= 4 is 5.91 Å². The Balaban J connectivity index is 2.69. The Kier molecular flexibility index (Phi) is 6.03. The molecule has 1 aromatic carbocycles. The van der Waals surface area contributed by atoms with Crippen LogP contribution in [0, 0.1) is 6.92 Å². The van der Waals surface area contributed by atoms with Gasteiger partial charge >= 0.3 is 0 Å². The lowest BCUT2D eigenvalue weighted by atomic mass is 10.0. The van der Waals surface area contributed by atoms with Gasteiger partial charge < -0.3 is 4.90 Å². The monoisotopic (exact) mass is 262 g/mol. The van der Waals surface area contributed by atoms with Crippen molar-refractivity contribution in [2.24, 2.45) is 0 Å². The van der Waals surface area contributed by atoms with Crippen molar-refractivity contribution in [2.75, 3.05) is 13.1 Å². The summed E-state index contributed by atoms with van der Waals surface area (Å²) >= 11 is 0. The van der Waals surface area contributed by atoms with E-state index in [9.17, 15) is 4.79 Å². The molecule has 2 atom stereocenters. The van der Waals surface area contributed by atoms with E-state index in [1.807, 2.05) is 37.8 Å². The molecule has 3 heteroatoms. The number of nitrogens with zero attached hydrogens (tertiary/aromatic N) is 1. The number of benzene rings is 1. The van der Waals surface area contributed by atoms with Crippen molar-refractivity contribution in [3.8, 4) is 0 Å². The number of nitrogens with one attached hydrogen (secondary N) is 1. The molecule has 0 aliphatic carbocycles. The zero-order valence-corrected chi connectivity index (χ0v) is 12.7. The first-order chi connectivity index (χ1) is 9.01. The zero-order valence-electron chi connectivity index (χ0n) is 12.7. The number of hydrogen-bond donors (Lipinski definition) is 1. The van der Waals surface area contributed by atoms with Gasteiger partial charge in [-0.15, -0.1) is 0 Å². The Morgan fingerprint density at radius 1 is 1.21 bits per heavy atom. The molecule has 0 spiro atoms. The molecule has 106 valence electrons. The summed E-state index contributed by atoms with van der Waals surface area (Å²) in [7, 11) is 0. The van der Waals surface area contributed by atoms with Gasteiger partial charge in [-0.1, -0.05) is 24.3 Å². The van der Waals surface area contributed by atoms with E-state index in [0.717, 1.165) is 13.1 Å². The van der Waals surface area contributed by atoms with Crippen LogP contribution in [-0.4, -0.2) is 29.9 Å². The van der Waals surface area contributed by atoms with Crippen molar-refractivity contribution in [3.63, 3.8) is 0 Å². The second-order valence-corrected chi connectivity index (χ2v) is 4.98. The summed E-state index contributed by atoms with van der Waals surface area (Å²) in [5, 5.41) is 3.39. The molecule has 0 aromatic heterocycles. The third-order valence-corrected chi connectivity index (χ3v) is 3.60. The van der Waals surface area contributed by atoms with Gasteiger partial charge in [-0.25, -0.2) is 0 Å². The maximum atomic E-state index is 12.2. The number of hydrogen-bond acceptors (Lipinski definition) is 2. The molecule has 1 rings (SSSR count). The third kappa shape index (κ3) is 4.06. The summed E-state index contributed by atoms with van der Waals surface area (Å²) in [4.78, 5) is 14.1. The summed E-state index contributed by atoms with van der Waals surface area (Å²) in [6.07, 6.45) is 0. The molecule has 19 heavy (non-hydrogen) atoms. The Morgan fingerprint density at radius 2 is 1.79 bits per heavy atom. The van der Waals surface area contributed by atoms with Crippen LogP contribution in [0.5, 0.6) is 0 Å². The molecular formula is C16H26N2O. The lowest BCUT2D eigenvalue weighted by Crippen LogP contribution is -2.45. The van der Waals surface area contributed by atoms with Gasteiger partial charge in [0.1, 0.15) is 0 Å². The molecule has 1 unspecified atom stereocenters. The predicted molar refractivity (Wildman–Crippen MR) is 80.1 cm³/mol. The van der Waals surface area contributed by atoms with E-state index in [-0.39, 0.29) is 18.0 Å². The van der Waals surface area contributed by atoms with Crippen molar-refractivity contribution in [1.29, 1.82) is 0 Å². The Bertz CT molecular complexity index is 413. The topological polar surface area (TPSA) is 32.3 Å². The molecule has 0 heterocycles. The van der Waals surface area contributed by atoms with Gasteiger partial charge in [0, 0.05) is 19.1 Å².